The fourth-order valence-corrected chi connectivity index (χ4v) is 1.77. The predicted molar refractivity (Wildman–Crippen MR) is 73.0 cm³/mol. The van der Waals surface area contributed by atoms with E-state index in [-0.39, 0.29) is 6.04 Å². The first-order chi connectivity index (χ1) is 8.69. The molecule has 0 bridgehead atoms. The van der Waals surface area contributed by atoms with Crippen LogP contribution < -0.4 is 10.5 Å². The topological polar surface area (TPSA) is 48.1 Å². The lowest BCUT2D eigenvalue weighted by Gasteiger charge is -2.10. The lowest BCUT2D eigenvalue weighted by molar-refractivity contribution is 0.480. The van der Waals surface area contributed by atoms with E-state index in [9.17, 15) is 0 Å². The van der Waals surface area contributed by atoms with Gasteiger partial charge in [-0.1, -0.05) is 30.7 Å². The van der Waals surface area contributed by atoms with E-state index < -0.39 is 0 Å². The summed E-state index contributed by atoms with van der Waals surface area (Å²) < 4.78 is 5.64. The molecule has 94 valence electrons. The molecule has 2 N–H and O–H groups in total. The van der Waals surface area contributed by atoms with E-state index in [0.717, 1.165) is 17.7 Å². The van der Waals surface area contributed by atoms with Crippen molar-refractivity contribution in [1.29, 1.82) is 0 Å². The maximum atomic E-state index is 5.95. The first-order valence-electron chi connectivity index (χ1n) is 5.83. The van der Waals surface area contributed by atoms with E-state index in [4.69, 9.17) is 22.1 Å². The van der Waals surface area contributed by atoms with Gasteiger partial charge < -0.3 is 10.5 Å². The number of benzene rings is 1. The minimum Gasteiger partial charge on any atom is -0.456 e. The molecular weight excluding hydrogens is 248 g/mol. The number of pyridine rings is 1. The number of halogens is 1. The molecule has 2 aromatic rings. The third-order valence-electron chi connectivity index (χ3n) is 2.66. The predicted octanol–water partition coefficient (Wildman–Crippen LogP) is 3.94. The molecule has 0 aliphatic heterocycles. The molecule has 0 spiro atoms. The molecule has 1 aromatic heterocycles. The van der Waals surface area contributed by atoms with Gasteiger partial charge in [-0.05, 0) is 24.1 Å². The van der Waals surface area contributed by atoms with Gasteiger partial charge in [-0.2, -0.15) is 0 Å². The van der Waals surface area contributed by atoms with Crippen molar-refractivity contribution in [2.75, 3.05) is 0 Å². The maximum absolute atomic E-state index is 5.95. The number of nitrogens with two attached hydrogens (primary N) is 1. The molecule has 1 atom stereocenters. The average Bonchev–Trinajstić information content (AvgIpc) is 2.39. The maximum Gasteiger partial charge on any atom is 0.147 e. The molecule has 0 unspecified atom stereocenters. The standard InChI is InChI=1S/C14H15ClN2O/c1-2-14(16)10-3-5-12(6-4-10)18-13-7-11(15)8-17-9-13/h3-9,14H,2,16H2,1H3/t14-/m1/s1. The Morgan fingerprint density at radius 1 is 1.22 bits per heavy atom. The summed E-state index contributed by atoms with van der Waals surface area (Å²) in [6.07, 6.45) is 4.10. The molecule has 4 heteroatoms. The van der Waals surface area contributed by atoms with Crippen LogP contribution in [-0.4, -0.2) is 4.98 Å². The molecule has 0 saturated carbocycles. The van der Waals surface area contributed by atoms with Crippen molar-refractivity contribution in [2.45, 2.75) is 19.4 Å². The molecule has 0 amide bonds. The molecule has 0 aliphatic rings. The van der Waals surface area contributed by atoms with Crippen molar-refractivity contribution < 1.29 is 4.74 Å². The van der Waals surface area contributed by atoms with Crippen molar-refractivity contribution in [2.24, 2.45) is 5.73 Å². The van der Waals surface area contributed by atoms with Crippen LogP contribution in [0.25, 0.3) is 0 Å². The molecule has 18 heavy (non-hydrogen) atoms. The summed E-state index contributed by atoms with van der Waals surface area (Å²) in [5.41, 5.74) is 7.05. The second kappa shape index (κ2) is 5.85. The molecule has 0 fully saturated rings. The zero-order valence-corrected chi connectivity index (χ0v) is 10.9. The Kier molecular flexibility index (Phi) is 4.18. The normalized spacial score (nSPS) is 12.2. The van der Waals surface area contributed by atoms with Gasteiger partial charge in [0.15, 0.2) is 0 Å². The highest BCUT2D eigenvalue weighted by Gasteiger charge is 2.04. The van der Waals surface area contributed by atoms with E-state index in [1.165, 1.54) is 0 Å². The van der Waals surface area contributed by atoms with Gasteiger partial charge in [-0.15, -0.1) is 0 Å². The van der Waals surface area contributed by atoms with Crippen LogP contribution >= 0.6 is 11.6 Å². The molecule has 3 nitrogen and oxygen atoms in total. The van der Waals surface area contributed by atoms with Crippen molar-refractivity contribution in [3.63, 3.8) is 0 Å². The quantitative estimate of drug-likeness (QED) is 0.908. The van der Waals surface area contributed by atoms with Crippen LogP contribution in [0.4, 0.5) is 0 Å². The van der Waals surface area contributed by atoms with Gasteiger partial charge >= 0.3 is 0 Å². The average molecular weight is 263 g/mol. The Morgan fingerprint density at radius 3 is 2.56 bits per heavy atom. The van der Waals surface area contributed by atoms with Crippen LogP contribution in [-0.2, 0) is 0 Å². The summed E-state index contributed by atoms with van der Waals surface area (Å²) in [4.78, 5) is 3.96. The fourth-order valence-electron chi connectivity index (χ4n) is 1.60. The lowest BCUT2D eigenvalue weighted by Crippen LogP contribution is -2.07. The van der Waals surface area contributed by atoms with Crippen LogP contribution in [0, 0.1) is 0 Å². The zero-order chi connectivity index (χ0) is 13.0. The summed E-state index contributed by atoms with van der Waals surface area (Å²) in [7, 11) is 0. The van der Waals surface area contributed by atoms with E-state index in [1.54, 1.807) is 18.5 Å². The molecule has 0 radical (unpaired) electrons. The SMILES string of the molecule is CC[C@@H](N)c1ccc(Oc2cncc(Cl)c2)cc1. The molecular formula is C14H15ClN2O. The first kappa shape index (κ1) is 12.9. The Morgan fingerprint density at radius 2 is 1.94 bits per heavy atom. The largest absolute Gasteiger partial charge is 0.456 e. The summed E-state index contributed by atoms with van der Waals surface area (Å²) in [6, 6.07) is 9.53. The number of nitrogens with zero attached hydrogens (tertiary/aromatic N) is 1. The highest BCUT2D eigenvalue weighted by Crippen LogP contribution is 2.24. The molecule has 1 aromatic carbocycles. The zero-order valence-electron chi connectivity index (χ0n) is 10.1. The van der Waals surface area contributed by atoms with Crippen LogP contribution in [0.1, 0.15) is 24.9 Å². The summed E-state index contributed by atoms with van der Waals surface area (Å²) in [6.45, 7) is 2.06. The minimum atomic E-state index is 0.0758. The Balaban J connectivity index is 2.11. The number of rotatable bonds is 4. The van der Waals surface area contributed by atoms with E-state index >= 15 is 0 Å². The summed E-state index contributed by atoms with van der Waals surface area (Å²) >= 11 is 5.84. The molecule has 2 rings (SSSR count). The van der Waals surface area contributed by atoms with E-state index in [2.05, 4.69) is 11.9 Å². The fraction of sp³-hybridized carbons (Fsp3) is 0.214. The second-order valence-corrected chi connectivity index (χ2v) is 4.46. The Bertz CT molecular complexity index is 513. The van der Waals surface area contributed by atoms with Gasteiger partial charge in [-0.25, -0.2) is 0 Å². The number of ether oxygens (including phenoxy) is 1. The van der Waals surface area contributed by atoms with Gasteiger partial charge in [0.2, 0.25) is 0 Å². The smallest absolute Gasteiger partial charge is 0.147 e. The van der Waals surface area contributed by atoms with Gasteiger partial charge in [0, 0.05) is 18.3 Å². The number of hydrogen-bond donors (Lipinski definition) is 1. The third kappa shape index (κ3) is 3.22. The highest BCUT2D eigenvalue weighted by molar-refractivity contribution is 6.30. The highest BCUT2D eigenvalue weighted by atomic mass is 35.5. The molecule has 0 aliphatic carbocycles. The van der Waals surface area contributed by atoms with E-state index in [0.29, 0.717) is 10.8 Å². The minimum absolute atomic E-state index is 0.0758. The van der Waals surface area contributed by atoms with Crippen molar-refractivity contribution in [3.05, 3.63) is 53.3 Å². The number of hydrogen-bond acceptors (Lipinski definition) is 3. The van der Waals surface area contributed by atoms with E-state index in [1.807, 2.05) is 24.3 Å². The van der Waals surface area contributed by atoms with Gasteiger partial charge in [0.25, 0.3) is 0 Å². The lowest BCUT2D eigenvalue weighted by atomic mass is 10.1. The molecule has 1 heterocycles. The van der Waals surface area contributed by atoms with Crippen molar-refractivity contribution in [3.8, 4) is 11.5 Å². The van der Waals surface area contributed by atoms with Gasteiger partial charge in [0.1, 0.15) is 11.5 Å². The van der Waals surface area contributed by atoms with Crippen molar-refractivity contribution in [1.82, 2.24) is 4.98 Å². The Hall–Kier alpha value is -1.58. The molecule has 0 saturated heterocycles. The summed E-state index contributed by atoms with van der Waals surface area (Å²) in [5, 5.41) is 0.553. The Labute approximate surface area is 112 Å². The van der Waals surface area contributed by atoms with Gasteiger partial charge in [0.05, 0.1) is 11.2 Å². The first-order valence-corrected chi connectivity index (χ1v) is 6.21. The van der Waals surface area contributed by atoms with Crippen LogP contribution in [0.2, 0.25) is 5.02 Å². The third-order valence-corrected chi connectivity index (χ3v) is 2.87. The monoisotopic (exact) mass is 262 g/mol. The van der Waals surface area contributed by atoms with Crippen LogP contribution in [0.5, 0.6) is 11.5 Å². The van der Waals surface area contributed by atoms with Crippen molar-refractivity contribution >= 4 is 11.6 Å². The van der Waals surface area contributed by atoms with Gasteiger partial charge in [-0.3, -0.25) is 4.98 Å². The van der Waals surface area contributed by atoms with Crippen LogP contribution in [0.15, 0.2) is 42.7 Å². The number of aromatic nitrogens is 1. The second-order valence-electron chi connectivity index (χ2n) is 4.02. The summed E-state index contributed by atoms with van der Waals surface area (Å²) in [5.74, 6) is 1.36. The van der Waals surface area contributed by atoms with Crippen LogP contribution in [0.3, 0.4) is 0 Å².